The number of ether oxygens (including phenoxy) is 4. The molecule has 0 amide bonds. The molecule has 3 aromatic carbocycles. The fraction of sp³-hybridized carbons (Fsp3) is 0.300. The first kappa shape index (κ1) is 21.7. The fourth-order valence-corrected chi connectivity index (χ4v) is 5.72. The molecule has 1 saturated heterocycles. The molecule has 3 atom stereocenters. The van der Waals surface area contributed by atoms with Crippen molar-refractivity contribution in [2.24, 2.45) is 0 Å². The summed E-state index contributed by atoms with van der Waals surface area (Å²) < 4.78 is 28.9. The molecular formula is C30H27NO5. The van der Waals surface area contributed by atoms with Gasteiger partial charge in [-0.1, -0.05) is 48.5 Å². The highest BCUT2D eigenvalue weighted by Gasteiger charge is 2.48. The maximum absolute atomic E-state index is 6.53. The van der Waals surface area contributed by atoms with Crippen LogP contribution in [0.3, 0.4) is 0 Å². The summed E-state index contributed by atoms with van der Waals surface area (Å²) in [5.74, 6) is 1.58. The maximum atomic E-state index is 6.53. The van der Waals surface area contributed by atoms with Crippen LogP contribution in [-0.4, -0.2) is 31.1 Å². The van der Waals surface area contributed by atoms with Gasteiger partial charge >= 0.3 is 0 Å². The van der Waals surface area contributed by atoms with Crippen molar-refractivity contribution in [3.8, 4) is 33.9 Å². The molecule has 6 heteroatoms. The summed E-state index contributed by atoms with van der Waals surface area (Å²) in [7, 11) is 1.71. The molecule has 0 spiro atoms. The van der Waals surface area contributed by atoms with Crippen molar-refractivity contribution in [1.29, 1.82) is 0 Å². The maximum Gasteiger partial charge on any atom is 0.192 e. The van der Waals surface area contributed by atoms with E-state index >= 15 is 0 Å². The minimum Gasteiger partial charge on any atom is -0.493 e. The van der Waals surface area contributed by atoms with Crippen LogP contribution in [-0.2, 0) is 15.9 Å². The van der Waals surface area contributed by atoms with E-state index in [4.69, 9.17) is 23.4 Å². The van der Waals surface area contributed by atoms with Crippen LogP contribution in [0.4, 0.5) is 0 Å². The number of epoxide rings is 1. The predicted molar refractivity (Wildman–Crippen MR) is 134 cm³/mol. The van der Waals surface area contributed by atoms with Gasteiger partial charge in [0.25, 0.3) is 0 Å². The molecule has 2 aliphatic heterocycles. The van der Waals surface area contributed by atoms with Gasteiger partial charge in [-0.05, 0) is 41.2 Å². The average Bonchev–Trinajstić information content (AvgIpc) is 3.25. The molecule has 1 aliphatic carbocycles. The number of hydrogen-bond donors (Lipinski definition) is 0. The molecular weight excluding hydrogens is 454 g/mol. The molecule has 1 fully saturated rings. The molecule has 0 radical (unpaired) electrons. The zero-order valence-electron chi connectivity index (χ0n) is 20.1. The lowest BCUT2D eigenvalue weighted by Crippen LogP contribution is -2.19. The van der Waals surface area contributed by atoms with E-state index < -0.39 is 5.79 Å². The van der Waals surface area contributed by atoms with E-state index in [2.05, 4.69) is 53.5 Å². The quantitative estimate of drug-likeness (QED) is 0.288. The van der Waals surface area contributed by atoms with Crippen molar-refractivity contribution in [2.45, 2.75) is 37.1 Å². The van der Waals surface area contributed by atoms with Gasteiger partial charge in [0.2, 0.25) is 0 Å². The van der Waals surface area contributed by atoms with Crippen LogP contribution in [0.15, 0.2) is 77.7 Å². The van der Waals surface area contributed by atoms with E-state index in [0.29, 0.717) is 13.2 Å². The Morgan fingerprint density at radius 3 is 2.67 bits per heavy atom. The first-order valence-corrected chi connectivity index (χ1v) is 12.5. The number of oxazole rings is 1. The van der Waals surface area contributed by atoms with Gasteiger partial charge in [-0.25, -0.2) is 4.98 Å². The van der Waals surface area contributed by atoms with Gasteiger partial charge in [-0.2, -0.15) is 0 Å². The van der Waals surface area contributed by atoms with Crippen LogP contribution in [0.1, 0.15) is 41.6 Å². The third-order valence-corrected chi connectivity index (χ3v) is 7.68. The molecule has 3 aliphatic rings. The lowest BCUT2D eigenvalue weighted by atomic mass is 9.92. The van der Waals surface area contributed by atoms with Gasteiger partial charge in [-0.3, -0.25) is 0 Å². The van der Waals surface area contributed by atoms with Crippen molar-refractivity contribution in [1.82, 2.24) is 4.98 Å². The standard InChI is InChI=1S/C30H27NO5/c1-32-30(17-35-30)14-19-15-34-29-13-20(9-10-21(19)29)36-28-12-11-24-22(7-4-8-26(24)28)23-5-2-3-6-25(23)27-16-33-18-31-27/h2-10,13,16,18-19,28H,11-12,14-15,17H2,1H3/t19-,28-,30?/m1/s1. The Hall–Kier alpha value is -3.61. The number of nitrogens with zero attached hydrogens (tertiary/aromatic N) is 1. The molecule has 182 valence electrons. The van der Waals surface area contributed by atoms with Crippen LogP contribution in [0.2, 0.25) is 0 Å². The first-order chi connectivity index (χ1) is 17.7. The summed E-state index contributed by atoms with van der Waals surface area (Å²) in [6, 6.07) is 21.1. The highest BCUT2D eigenvalue weighted by molar-refractivity contribution is 5.84. The third-order valence-electron chi connectivity index (χ3n) is 7.68. The number of benzene rings is 3. The van der Waals surface area contributed by atoms with Crippen LogP contribution >= 0.6 is 0 Å². The molecule has 1 aromatic heterocycles. The van der Waals surface area contributed by atoms with Gasteiger partial charge in [0.15, 0.2) is 12.2 Å². The molecule has 1 unspecified atom stereocenters. The molecule has 6 nitrogen and oxygen atoms in total. The summed E-state index contributed by atoms with van der Waals surface area (Å²) in [5.41, 5.74) is 8.09. The van der Waals surface area contributed by atoms with Crippen LogP contribution < -0.4 is 9.47 Å². The monoisotopic (exact) mass is 481 g/mol. The topological polar surface area (TPSA) is 66.2 Å². The van der Waals surface area contributed by atoms with Gasteiger partial charge in [0.05, 0.1) is 6.61 Å². The Bertz CT molecular complexity index is 1410. The minimum atomic E-state index is -0.428. The number of methoxy groups -OCH3 is 1. The highest BCUT2D eigenvalue weighted by atomic mass is 16.8. The van der Waals surface area contributed by atoms with Crippen LogP contribution in [0.25, 0.3) is 22.4 Å². The van der Waals surface area contributed by atoms with E-state index in [1.807, 2.05) is 12.1 Å². The zero-order chi connectivity index (χ0) is 24.1. The van der Waals surface area contributed by atoms with Gasteiger partial charge in [0.1, 0.15) is 36.2 Å². The van der Waals surface area contributed by atoms with Gasteiger partial charge < -0.3 is 23.4 Å². The van der Waals surface area contributed by atoms with Crippen molar-refractivity contribution >= 4 is 0 Å². The lowest BCUT2D eigenvalue weighted by molar-refractivity contribution is -0.0221. The van der Waals surface area contributed by atoms with E-state index in [-0.39, 0.29) is 12.0 Å². The van der Waals surface area contributed by atoms with Gasteiger partial charge in [-0.15, -0.1) is 0 Å². The van der Waals surface area contributed by atoms with Crippen LogP contribution in [0.5, 0.6) is 11.5 Å². The molecule has 0 N–H and O–H groups in total. The molecule has 36 heavy (non-hydrogen) atoms. The summed E-state index contributed by atoms with van der Waals surface area (Å²) in [6.07, 6.45) is 5.89. The van der Waals surface area contributed by atoms with Crippen molar-refractivity contribution in [3.05, 3.63) is 90.0 Å². The zero-order valence-corrected chi connectivity index (χ0v) is 20.1. The SMILES string of the molecule is COC1(C[C@@H]2COc3cc(O[C@@H]4CCc5c(-c6ccccc6-c6cocn6)cccc54)ccc32)CO1. The van der Waals surface area contributed by atoms with E-state index in [0.717, 1.165) is 47.6 Å². The summed E-state index contributed by atoms with van der Waals surface area (Å²) >= 11 is 0. The van der Waals surface area contributed by atoms with Crippen molar-refractivity contribution < 1.29 is 23.4 Å². The average molecular weight is 482 g/mol. The van der Waals surface area contributed by atoms with Crippen LogP contribution in [0, 0.1) is 0 Å². The predicted octanol–water partition coefficient (Wildman–Crippen LogP) is 6.31. The lowest BCUT2D eigenvalue weighted by Gasteiger charge is -2.17. The summed E-state index contributed by atoms with van der Waals surface area (Å²) in [6.45, 7) is 1.30. The molecule has 0 saturated carbocycles. The Labute approximate surface area is 209 Å². The summed E-state index contributed by atoms with van der Waals surface area (Å²) in [4.78, 5) is 4.38. The highest BCUT2D eigenvalue weighted by Crippen LogP contribution is 2.46. The van der Waals surface area contributed by atoms with E-state index in [1.54, 1.807) is 13.4 Å². The molecule has 4 aromatic rings. The number of fused-ring (bicyclic) bond motifs is 2. The molecule has 3 heterocycles. The number of aromatic nitrogens is 1. The van der Waals surface area contributed by atoms with E-state index in [9.17, 15) is 0 Å². The first-order valence-electron chi connectivity index (χ1n) is 12.5. The largest absolute Gasteiger partial charge is 0.493 e. The molecule has 0 bridgehead atoms. The normalized spacial score (nSPS) is 23.7. The second-order valence-corrected chi connectivity index (χ2v) is 9.75. The second-order valence-electron chi connectivity index (χ2n) is 9.75. The Morgan fingerprint density at radius 1 is 1.00 bits per heavy atom. The molecule has 7 rings (SSSR count). The van der Waals surface area contributed by atoms with E-state index in [1.165, 1.54) is 28.6 Å². The van der Waals surface area contributed by atoms with Gasteiger partial charge in [0, 0.05) is 36.6 Å². The Morgan fingerprint density at radius 2 is 1.86 bits per heavy atom. The third kappa shape index (κ3) is 3.69. The summed E-state index contributed by atoms with van der Waals surface area (Å²) in [5, 5.41) is 0. The van der Waals surface area contributed by atoms with Crippen molar-refractivity contribution in [2.75, 3.05) is 20.3 Å². The number of rotatable bonds is 7. The Balaban J connectivity index is 1.14. The number of hydrogen-bond acceptors (Lipinski definition) is 6. The minimum absolute atomic E-state index is 0.00559. The smallest absolute Gasteiger partial charge is 0.192 e. The second kappa shape index (κ2) is 8.50. The van der Waals surface area contributed by atoms with Crippen molar-refractivity contribution in [3.63, 3.8) is 0 Å². The fourth-order valence-electron chi connectivity index (χ4n) is 5.72. The Kier molecular flexibility index (Phi) is 5.11.